The number of carbonyl (C=O) groups excluding carboxylic acids is 1. The fourth-order valence-electron chi connectivity index (χ4n) is 3.11. The summed E-state index contributed by atoms with van der Waals surface area (Å²) in [6.07, 6.45) is 0.969. The van der Waals surface area contributed by atoms with Crippen LogP contribution in [0.3, 0.4) is 0 Å². The minimum Gasteiger partial charge on any atom is -0.497 e. The zero-order valence-electron chi connectivity index (χ0n) is 14.5. The second-order valence-corrected chi connectivity index (χ2v) is 6.20. The summed E-state index contributed by atoms with van der Waals surface area (Å²) in [4.78, 5) is 15.6. The molecule has 1 heterocycles. The Bertz CT molecular complexity index is 1060. The molecule has 4 rings (SSSR count). The third-order valence-electron chi connectivity index (χ3n) is 4.49. The fraction of sp³-hybridized carbons (Fsp3) is 0.136. The molecule has 0 saturated heterocycles. The predicted octanol–water partition coefficient (Wildman–Crippen LogP) is 4.87. The molecule has 4 aromatic rings. The molecular weight excluding hydrogens is 326 g/mol. The first-order valence-corrected chi connectivity index (χ1v) is 8.57. The first-order valence-electron chi connectivity index (χ1n) is 8.57. The van der Waals surface area contributed by atoms with Gasteiger partial charge in [-0.3, -0.25) is 4.79 Å². The Kier molecular flexibility index (Phi) is 4.32. The number of nitrogens with one attached hydrogen (secondary N) is 1. The summed E-state index contributed by atoms with van der Waals surface area (Å²) in [5, 5.41) is 2.18. The number of para-hydroxylation sites is 1. The van der Waals surface area contributed by atoms with Gasteiger partial charge in [0.1, 0.15) is 11.5 Å². The number of ether oxygens (including phenoxy) is 2. The van der Waals surface area contributed by atoms with Gasteiger partial charge in [-0.15, -0.1) is 0 Å². The van der Waals surface area contributed by atoms with Gasteiger partial charge in [0.15, 0.2) is 0 Å². The molecule has 0 radical (unpaired) electrons. The van der Waals surface area contributed by atoms with Gasteiger partial charge in [-0.2, -0.15) is 0 Å². The molecule has 0 atom stereocenters. The Morgan fingerprint density at radius 3 is 2.42 bits per heavy atom. The van der Waals surface area contributed by atoms with E-state index in [0.29, 0.717) is 18.6 Å². The first kappa shape index (κ1) is 16.2. The predicted molar refractivity (Wildman–Crippen MR) is 103 cm³/mol. The van der Waals surface area contributed by atoms with Crippen molar-refractivity contribution in [3.05, 3.63) is 72.3 Å². The zero-order chi connectivity index (χ0) is 17.9. The summed E-state index contributed by atoms with van der Waals surface area (Å²) in [6, 6.07) is 21.5. The van der Waals surface area contributed by atoms with E-state index in [9.17, 15) is 4.79 Å². The topological polar surface area (TPSA) is 51.3 Å². The lowest BCUT2D eigenvalue weighted by molar-refractivity contribution is -0.134. The lowest BCUT2D eigenvalue weighted by atomic mass is 10.1. The van der Waals surface area contributed by atoms with Crippen molar-refractivity contribution >= 4 is 27.8 Å². The highest BCUT2D eigenvalue weighted by molar-refractivity contribution is 6.07. The minimum absolute atomic E-state index is 0.236. The number of rotatable bonds is 5. The zero-order valence-corrected chi connectivity index (χ0v) is 14.5. The highest BCUT2D eigenvalue weighted by Gasteiger charge is 2.09. The van der Waals surface area contributed by atoms with E-state index < -0.39 is 0 Å². The van der Waals surface area contributed by atoms with Crippen LogP contribution in [0.5, 0.6) is 11.5 Å². The van der Waals surface area contributed by atoms with Gasteiger partial charge in [0.25, 0.3) is 0 Å². The van der Waals surface area contributed by atoms with Crippen molar-refractivity contribution in [1.29, 1.82) is 0 Å². The Hall–Kier alpha value is -3.27. The van der Waals surface area contributed by atoms with E-state index in [1.807, 2.05) is 60.7 Å². The third kappa shape index (κ3) is 3.26. The van der Waals surface area contributed by atoms with Crippen LogP contribution < -0.4 is 9.47 Å². The van der Waals surface area contributed by atoms with Crippen LogP contribution in [0.1, 0.15) is 12.0 Å². The van der Waals surface area contributed by atoms with E-state index in [2.05, 4.69) is 11.1 Å². The van der Waals surface area contributed by atoms with Gasteiger partial charge < -0.3 is 14.5 Å². The van der Waals surface area contributed by atoms with Gasteiger partial charge in [0.05, 0.1) is 7.11 Å². The summed E-state index contributed by atoms with van der Waals surface area (Å²) < 4.78 is 10.7. The van der Waals surface area contributed by atoms with Crippen LogP contribution >= 0.6 is 0 Å². The Morgan fingerprint density at radius 2 is 1.62 bits per heavy atom. The molecule has 0 amide bonds. The normalized spacial score (nSPS) is 11.0. The van der Waals surface area contributed by atoms with E-state index in [1.165, 1.54) is 0 Å². The Labute approximate surface area is 151 Å². The number of benzene rings is 3. The number of carbonyl (C=O) groups is 1. The lowest BCUT2D eigenvalue weighted by Gasteiger charge is -2.06. The molecule has 4 heteroatoms. The maximum absolute atomic E-state index is 12.2. The number of aryl methyl sites for hydroxylation is 1. The number of aromatic amines is 1. The second kappa shape index (κ2) is 6.92. The number of aromatic nitrogens is 1. The van der Waals surface area contributed by atoms with Gasteiger partial charge in [-0.1, -0.05) is 30.3 Å². The van der Waals surface area contributed by atoms with E-state index in [4.69, 9.17) is 9.47 Å². The SMILES string of the molecule is COc1ccc(CCC(=O)Oc2ccc3[nH]c4ccccc4c3c2)cc1. The number of hydrogen-bond acceptors (Lipinski definition) is 3. The third-order valence-corrected chi connectivity index (χ3v) is 4.49. The van der Waals surface area contributed by atoms with E-state index in [0.717, 1.165) is 33.1 Å². The molecule has 1 N–H and O–H groups in total. The molecule has 3 aromatic carbocycles. The van der Waals surface area contributed by atoms with Crippen molar-refractivity contribution < 1.29 is 14.3 Å². The molecule has 0 fully saturated rings. The number of H-pyrrole nitrogens is 1. The summed E-state index contributed by atoms with van der Waals surface area (Å²) in [7, 11) is 1.64. The van der Waals surface area contributed by atoms with Crippen LogP contribution in [0.15, 0.2) is 66.7 Å². The average Bonchev–Trinajstić information content (AvgIpc) is 3.05. The molecule has 0 aliphatic carbocycles. The van der Waals surface area contributed by atoms with Crippen LogP contribution in [0.4, 0.5) is 0 Å². The molecule has 1 aromatic heterocycles. The smallest absolute Gasteiger partial charge is 0.311 e. The number of esters is 1. The van der Waals surface area contributed by atoms with Crippen molar-refractivity contribution in [3.63, 3.8) is 0 Å². The van der Waals surface area contributed by atoms with Crippen molar-refractivity contribution in [1.82, 2.24) is 4.98 Å². The van der Waals surface area contributed by atoms with E-state index >= 15 is 0 Å². The summed E-state index contributed by atoms with van der Waals surface area (Å²) in [6.45, 7) is 0. The van der Waals surface area contributed by atoms with Gasteiger partial charge in [0.2, 0.25) is 0 Å². The number of hydrogen-bond donors (Lipinski definition) is 1. The molecule has 0 spiro atoms. The summed E-state index contributed by atoms with van der Waals surface area (Å²) in [5.41, 5.74) is 3.18. The standard InChI is InChI=1S/C22H19NO3/c1-25-16-9-6-15(7-10-16)8-13-22(24)26-17-11-12-21-19(14-17)18-4-2-3-5-20(18)23-21/h2-7,9-12,14,23H,8,13H2,1H3. The molecule has 26 heavy (non-hydrogen) atoms. The maximum atomic E-state index is 12.2. The molecule has 0 aliphatic heterocycles. The average molecular weight is 345 g/mol. The number of methoxy groups -OCH3 is 1. The molecule has 0 unspecified atom stereocenters. The van der Waals surface area contributed by atoms with Gasteiger partial charge >= 0.3 is 5.97 Å². The van der Waals surface area contributed by atoms with Crippen LogP contribution in [0.2, 0.25) is 0 Å². The van der Waals surface area contributed by atoms with Crippen LogP contribution in [0.25, 0.3) is 21.8 Å². The van der Waals surface area contributed by atoms with E-state index in [-0.39, 0.29) is 5.97 Å². The number of fused-ring (bicyclic) bond motifs is 3. The molecular formula is C22H19NO3. The van der Waals surface area contributed by atoms with E-state index in [1.54, 1.807) is 7.11 Å². The van der Waals surface area contributed by atoms with Crippen LogP contribution in [0, 0.1) is 0 Å². The molecule has 4 nitrogen and oxygen atoms in total. The van der Waals surface area contributed by atoms with Gasteiger partial charge in [-0.05, 0) is 48.4 Å². The van der Waals surface area contributed by atoms with Crippen LogP contribution in [-0.4, -0.2) is 18.1 Å². The first-order chi connectivity index (χ1) is 12.7. The Balaban J connectivity index is 1.45. The largest absolute Gasteiger partial charge is 0.497 e. The lowest BCUT2D eigenvalue weighted by Crippen LogP contribution is -2.09. The van der Waals surface area contributed by atoms with Crippen molar-refractivity contribution in [2.75, 3.05) is 7.11 Å². The molecule has 130 valence electrons. The molecule has 0 aliphatic rings. The quantitative estimate of drug-likeness (QED) is 0.415. The van der Waals surface area contributed by atoms with Gasteiger partial charge in [-0.25, -0.2) is 0 Å². The summed E-state index contributed by atoms with van der Waals surface area (Å²) in [5.74, 6) is 1.14. The highest BCUT2D eigenvalue weighted by Crippen LogP contribution is 2.28. The summed E-state index contributed by atoms with van der Waals surface area (Å²) >= 11 is 0. The molecule has 0 saturated carbocycles. The monoisotopic (exact) mass is 345 g/mol. The van der Waals surface area contributed by atoms with Crippen molar-refractivity contribution in [3.8, 4) is 11.5 Å². The molecule has 0 bridgehead atoms. The maximum Gasteiger partial charge on any atom is 0.311 e. The minimum atomic E-state index is -0.236. The second-order valence-electron chi connectivity index (χ2n) is 6.20. The van der Waals surface area contributed by atoms with Gasteiger partial charge in [0, 0.05) is 28.2 Å². The van der Waals surface area contributed by atoms with Crippen molar-refractivity contribution in [2.24, 2.45) is 0 Å². The van der Waals surface area contributed by atoms with Crippen molar-refractivity contribution in [2.45, 2.75) is 12.8 Å². The fourth-order valence-corrected chi connectivity index (χ4v) is 3.11. The Morgan fingerprint density at radius 1 is 0.885 bits per heavy atom. The highest BCUT2D eigenvalue weighted by atomic mass is 16.5. The van der Waals surface area contributed by atoms with Crippen LogP contribution in [-0.2, 0) is 11.2 Å².